The van der Waals surface area contributed by atoms with Gasteiger partial charge in [0.05, 0.1) is 24.4 Å². The molecule has 4 heteroatoms. The molecule has 0 amide bonds. The van der Waals surface area contributed by atoms with Crippen molar-refractivity contribution in [2.24, 2.45) is 0 Å². The third kappa shape index (κ3) is 2.34. The molecule has 3 rings (SSSR count). The molecule has 0 radical (unpaired) electrons. The van der Waals surface area contributed by atoms with Crippen molar-refractivity contribution < 1.29 is 4.74 Å². The highest BCUT2D eigenvalue weighted by atomic mass is 32.1. The summed E-state index contributed by atoms with van der Waals surface area (Å²) in [6.45, 7) is 2.08. The lowest BCUT2D eigenvalue weighted by molar-refractivity contribution is 0.416. The van der Waals surface area contributed by atoms with Crippen molar-refractivity contribution in [3.8, 4) is 16.3 Å². The molecular formula is C16H20N2OS. The zero-order valence-electron chi connectivity index (χ0n) is 12.2. The summed E-state index contributed by atoms with van der Waals surface area (Å²) < 4.78 is 5.52. The minimum atomic E-state index is 0.403. The van der Waals surface area contributed by atoms with Crippen LogP contribution in [0.5, 0.6) is 5.75 Å². The fourth-order valence-corrected chi connectivity index (χ4v) is 3.98. The fraction of sp³-hybridized carbons (Fsp3) is 0.438. The Morgan fingerprint density at radius 2 is 2.25 bits per heavy atom. The Morgan fingerprint density at radius 1 is 1.40 bits per heavy atom. The molecule has 0 aliphatic heterocycles. The van der Waals surface area contributed by atoms with Gasteiger partial charge in [-0.15, -0.1) is 11.3 Å². The van der Waals surface area contributed by atoms with E-state index >= 15 is 0 Å². The van der Waals surface area contributed by atoms with Crippen LogP contribution in [0.25, 0.3) is 10.6 Å². The van der Waals surface area contributed by atoms with E-state index in [-0.39, 0.29) is 0 Å². The van der Waals surface area contributed by atoms with Crippen LogP contribution in [-0.2, 0) is 6.42 Å². The zero-order chi connectivity index (χ0) is 14.1. The van der Waals surface area contributed by atoms with Crippen LogP contribution in [0.1, 0.15) is 35.0 Å². The van der Waals surface area contributed by atoms with E-state index in [0.29, 0.717) is 6.04 Å². The summed E-state index contributed by atoms with van der Waals surface area (Å²) in [6, 6.07) is 6.71. The summed E-state index contributed by atoms with van der Waals surface area (Å²) in [6.07, 6.45) is 3.57. The van der Waals surface area contributed by atoms with Crippen molar-refractivity contribution in [2.75, 3.05) is 14.2 Å². The minimum absolute atomic E-state index is 0.403. The monoisotopic (exact) mass is 288 g/mol. The van der Waals surface area contributed by atoms with Gasteiger partial charge < -0.3 is 10.1 Å². The fourth-order valence-electron chi connectivity index (χ4n) is 2.79. The van der Waals surface area contributed by atoms with Crippen LogP contribution in [0, 0.1) is 6.92 Å². The smallest absolute Gasteiger partial charge is 0.129 e. The molecule has 1 aliphatic carbocycles. The summed E-state index contributed by atoms with van der Waals surface area (Å²) in [7, 11) is 3.74. The number of rotatable bonds is 3. The van der Waals surface area contributed by atoms with Gasteiger partial charge in [0, 0.05) is 4.88 Å². The van der Waals surface area contributed by atoms with E-state index in [2.05, 4.69) is 30.4 Å². The number of ether oxygens (including phenoxy) is 1. The summed E-state index contributed by atoms with van der Waals surface area (Å²) in [5, 5.41) is 4.45. The van der Waals surface area contributed by atoms with E-state index in [1.165, 1.54) is 29.0 Å². The van der Waals surface area contributed by atoms with Gasteiger partial charge in [0.25, 0.3) is 0 Å². The molecule has 1 unspecified atom stereocenters. The molecule has 0 saturated carbocycles. The summed E-state index contributed by atoms with van der Waals surface area (Å²) in [5.74, 6) is 0.914. The third-order valence-corrected chi connectivity index (χ3v) is 5.05. The first-order chi connectivity index (χ1) is 9.72. The van der Waals surface area contributed by atoms with Gasteiger partial charge >= 0.3 is 0 Å². The van der Waals surface area contributed by atoms with Gasteiger partial charge in [-0.2, -0.15) is 0 Å². The maximum absolute atomic E-state index is 5.52. The van der Waals surface area contributed by atoms with E-state index in [0.717, 1.165) is 22.7 Å². The predicted octanol–water partition coefficient (Wildman–Crippen LogP) is 3.72. The Labute approximate surface area is 124 Å². The lowest BCUT2D eigenvalue weighted by atomic mass is 9.98. The van der Waals surface area contributed by atoms with E-state index in [1.54, 1.807) is 7.11 Å². The van der Waals surface area contributed by atoms with Crippen LogP contribution in [0.3, 0.4) is 0 Å². The van der Waals surface area contributed by atoms with Gasteiger partial charge in [0.15, 0.2) is 0 Å². The molecule has 2 aromatic rings. The number of nitrogens with zero attached hydrogens (tertiary/aromatic N) is 1. The van der Waals surface area contributed by atoms with Crippen molar-refractivity contribution in [2.45, 2.75) is 32.2 Å². The van der Waals surface area contributed by atoms with Gasteiger partial charge in [-0.25, -0.2) is 4.98 Å². The second kappa shape index (κ2) is 5.54. The predicted molar refractivity (Wildman–Crippen MR) is 83.6 cm³/mol. The molecule has 1 aromatic heterocycles. The lowest BCUT2D eigenvalue weighted by Gasteiger charge is -2.19. The standard InChI is InChI=1S/C16H20N2OS/c1-10-7-8-11(13(9-10)19-3)16-18-15-12(17-2)5-4-6-14(15)20-16/h7-9,12,17H,4-6H2,1-3H3. The van der Waals surface area contributed by atoms with Gasteiger partial charge in [-0.3, -0.25) is 0 Å². The number of benzene rings is 1. The Balaban J connectivity index is 2.05. The lowest BCUT2D eigenvalue weighted by Crippen LogP contribution is -2.21. The first kappa shape index (κ1) is 13.6. The van der Waals surface area contributed by atoms with Crippen LogP contribution in [0.4, 0.5) is 0 Å². The third-order valence-electron chi connectivity index (χ3n) is 3.89. The van der Waals surface area contributed by atoms with Crippen molar-refractivity contribution in [1.82, 2.24) is 10.3 Å². The molecule has 1 heterocycles. The molecule has 0 spiro atoms. The number of hydrogen-bond acceptors (Lipinski definition) is 4. The zero-order valence-corrected chi connectivity index (χ0v) is 13.0. The first-order valence-corrected chi connectivity index (χ1v) is 7.86. The van der Waals surface area contributed by atoms with Crippen LogP contribution in [0.15, 0.2) is 18.2 Å². The molecule has 0 bridgehead atoms. The largest absolute Gasteiger partial charge is 0.496 e. The molecule has 20 heavy (non-hydrogen) atoms. The number of nitrogens with one attached hydrogen (secondary N) is 1. The van der Waals surface area contributed by atoms with Crippen LogP contribution >= 0.6 is 11.3 Å². The normalized spacial score (nSPS) is 17.9. The highest BCUT2D eigenvalue weighted by Crippen LogP contribution is 2.39. The van der Waals surface area contributed by atoms with E-state index < -0.39 is 0 Å². The van der Waals surface area contributed by atoms with Crippen molar-refractivity contribution >= 4 is 11.3 Å². The molecule has 1 atom stereocenters. The number of fused-ring (bicyclic) bond motifs is 1. The average Bonchev–Trinajstić information content (AvgIpc) is 2.90. The van der Waals surface area contributed by atoms with Crippen LogP contribution < -0.4 is 10.1 Å². The SMILES string of the molecule is CNC1CCCc2sc(-c3ccc(C)cc3OC)nc21. The molecule has 0 saturated heterocycles. The van der Waals surface area contributed by atoms with Gasteiger partial charge in [-0.05, 0) is 50.9 Å². The van der Waals surface area contributed by atoms with Gasteiger partial charge in [-0.1, -0.05) is 6.07 Å². The quantitative estimate of drug-likeness (QED) is 0.934. The summed E-state index contributed by atoms with van der Waals surface area (Å²) in [5.41, 5.74) is 3.55. The molecule has 106 valence electrons. The number of methoxy groups -OCH3 is 1. The van der Waals surface area contributed by atoms with E-state index in [9.17, 15) is 0 Å². The number of thiazole rings is 1. The average molecular weight is 288 g/mol. The van der Waals surface area contributed by atoms with Crippen LogP contribution in [0.2, 0.25) is 0 Å². The molecule has 3 nitrogen and oxygen atoms in total. The highest BCUT2D eigenvalue weighted by molar-refractivity contribution is 7.15. The minimum Gasteiger partial charge on any atom is -0.496 e. The topological polar surface area (TPSA) is 34.1 Å². The van der Waals surface area contributed by atoms with Gasteiger partial charge in [0.2, 0.25) is 0 Å². The molecule has 1 aliphatic rings. The second-order valence-electron chi connectivity index (χ2n) is 5.26. The van der Waals surface area contributed by atoms with E-state index in [1.807, 2.05) is 18.4 Å². The Kier molecular flexibility index (Phi) is 3.76. The highest BCUT2D eigenvalue weighted by Gasteiger charge is 2.24. The molecule has 0 fully saturated rings. The molecule has 1 N–H and O–H groups in total. The summed E-state index contributed by atoms with van der Waals surface area (Å²) in [4.78, 5) is 6.31. The second-order valence-corrected chi connectivity index (χ2v) is 6.35. The maximum Gasteiger partial charge on any atom is 0.129 e. The van der Waals surface area contributed by atoms with Crippen molar-refractivity contribution in [3.63, 3.8) is 0 Å². The van der Waals surface area contributed by atoms with E-state index in [4.69, 9.17) is 9.72 Å². The first-order valence-electron chi connectivity index (χ1n) is 7.05. The Bertz CT molecular complexity index is 621. The molecule has 1 aromatic carbocycles. The van der Waals surface area contributed by atoms with Crippen molar-refractivity contribution in [3.05, 3.63) is 34.3 Å². The van der Waals surface area contributed by atoms with Crippen molar-refractivity contribution in [1.29, 1.82) is 0 Å². The Hall–Kier alpha value is -1.39. The van der Waals surface area contributed by atoms with Gasteiger partial charge in [0.1, 0.15) is 10.8 Å². The number of hydrogen-bond donors (Lipinski definition) is 1. The summed E-state index contributed by atoms with van der Waals surface area (Å²) >= 11 is 1.81. The molecular weight excluding hydrogens is 268 g/mol. The number of aryl methyl sites for hydroxylation is 2. The Morgan fingerprint density at radius 3 is 3.00 bits per heavy atom. The maximum atomic E-state index is 5.52. The van der Waals surface area contributed by atoms with Crippen LogP contribution in [-0.4, -0.2) is 19.1 Å². The number of aromatic nitrogens is 1.